The Hall–Kier alpha value is 0.336. The standard InChI is InChI=1S/C2H4O.Co/c1-3-2;/h1H,2H3;. The Kier molecular flexibility index (Phi) is 3.62. The van der Waals surface area contributed by atoms with Gasteiger partial charge in [0.05, 0.1) is 0 Å². The van der Waals surface area contributed by atoms with Gasteiger partial charge in [0.25, 0.3) is 0 Å². The Balaban J connectivity index is 2.30. The van der Waals surface area contributed by atoms with Crippen LogP contribution in [-0.2, 0) is 20.0 Å². The van der Waals surface area contributed by atoms with E-state index in [1.54, 1.807) is 7.11 Å². The van der Waals surface area contributed by atoms with Crippen molar-refractivity contribution in [1.82, 2.24) is 0 Å². The number of ether oxygens (including phenoxy) is 1. The summed E-state index contributed by atoms with van der Waals surface area (Å²) in [7, 11) is 1.55. The maximum atomic E-state index is 4.28. The van der Waals surface area contributed by atoms with Crippen molar-refractivity contribution in [2.75, 3.05) is 7.11 Å². The fourth-order valence-corrected chi connectivity index (χ4v) is 0. The minimum atomic E-state index is 1.31. The molecule has 0 unspecified atom stereocenters. The predicted octanol–water partition coefficient (Wildman–Crippen LogP) is -0.0607. The Morgan fingerprint density at radius 3 is 2.25 bits per heavy atom. The van der Waals surface area contributed by atoms with Gasteiger partial charge in [0.1, 0.15) is 0 Å². The normalized spacial score (nSPS) is 6.50. The number of hydrogen-bond acceptors (Lipinski definition) is 1. The van der Waals surface area contributed by atoms with Crippen LogP contribution in [0.1, 0.15) is 0 Å². The molecule has 0 aromatic rings. The van der Waals surface area contributed by atoms with Gasteiger partial charge in [-0.25, -0.2) is 0 Å². The van der Waals surface area contributed by atoms with Crippen molar-refractivity contribution in [1.29, 1.82) is 0 Å². The molecule has 0 aromatic carbocycles. The van der Waals surface area contributed by atoms with E-state index in [9.17, 15) is 0 Å². The average Bonchev–Trinajstić information content (AvgIpc) is 1.37. The second-order valence-corrected chi connectivity index (χ2v) is 0.560. The van der Waals surface area contributed by atoms with Crippen molar-refractivity contribution in [3.63, 3.8) is 0 Å². The van der Waals surface area contributed by atoms with Gasteiger partial charge < -0.3 is 0 Å². The van der Waals surface area contributed by atoms with Crippen molar-refractivity contribution in [3.8, 4) is 0 Å². The first-order valence-corrected chi connectivity index (χ1v) is 1.44. The summed E-state index contributed by atoms with van der Waals surface area (Å²) in [4.78, 5) is 0. The number of methoxy groups -OCH3 is 1. The molecule has 0 rings (SSSR count). The molecule has 0 heterocycles. The molecule has 0 amide bonds. The van der Waals surface area contributed by atoms with Crippen molar-refractivity contribution in [2.24, 2.45) is 0 Å². The first-order chi connectivity index (χ1) is 1.91. The van der Waals surface area contributed by atoms with Crippen LogP contribution in [0, 0.1) is 0 Å². The van der Waals surface area contributed by atoms with Gasteiger partial charge >= 0.3 is 32.3 Å². The molecule has 27 valence electrons. The Bertz CT molecular complexity index is 20.0. The fraction of sp³-hybridized carbons (Fsp3) is 0.500. The van der Waals surface area contributed by atoms with Crippen LogP contribution >= 0.6 is 0 Å². The van der Waals surface area contributed by atoms with Crippen molar-refractivity contribution >= 4 is 5.14 Å². The van der Waals surface area contributed by atoms with Gasteiger partial charge in [-0.2, -0.15) is 0 Å². The Morgan fingerprint density at radius 2 is 2.25 bits per heavy atom. The van der Waals surface area contributed by atoms with Crippen LogP contribution in [0.3, 0.4) is 0 Å². The summed E-state index contributed by atoms with van der Waals surface area (Å²) >= 11 is 3.61. The Morgan fingerprint density at radius 1 is 2.00 bits per heavy atom. The molecule has 1 nitrogen and oxygen atoms in total. The van der Waals surface area contributed by atoms with E-state index in [-0.39, 0.29) is 0 Å². The molecule has 0 atom stereocenters. The summed E-state index contributed by atoms with van der Waals surface area (Å²) in [6.07, 6.45) is 0. The van der Waals surface area contributed by atoms with E-state index in [4.69, 9.17) is 0 Å². The minimum absolute atomic E-state index is 1.31. The van der Waals surface area contributed by atoms with Crippen LogP contribution in [0.15, 0.2) is 0 Å². The molecule has 0 aliphatic carbocycles. The molecule has 0 radical (unpaired) electrons. The van der Waals surface area contributed by atoms with Gasteiger partial charge in [-0.15, -0.1) is 0 Å². The van der Waals surface area contributed by atoms with Crippen molar-refractivity contribution < 1.29 is 20.0 Å². The molecule has 0 spiro atoms. The average molecular weight is 103 g/mol. The van der Waals surface area contributed by atoms with Crippen LogP contribution in [0.2, 0.25) is 0 Å². The van der Waals surface area contributed by atoms with Gasteiger partial charge in [0.2, 0.25) is 0 Å². The van der Waals surface area contributed by atoms with Crippen molar-refractivity contribution in [3.05, 3.63) is 0 Å². The molecule has 2 heteroatoms. The molecule has 0 saturated carbocycles. The molecule has 0 aliphatic rings. The molecule has 0 N–H and O–H groups in total. The number of rotatable bonds is 1. The number of hydrogen-bond donors (Lipinski definition) is 0. The van der Waals surface area contributed by atoms with E-state index >= 15 is 0 Å². The molecule has 0 fully saturated rings. The van der Waals surface area contributed by atoms with E-state index in [0.29, 0.717) is 0 Å². The van der Waals surface area contributed by atoms with E-state index in [2.05, 4.69) is 20.0 Å². The topological polar surface area (TPSA) is 9.23 Å². The van der Waals surface area contributed by atoms with Gasteiger partial charge in [-0.1, -0.05) is 0 Å². The monoisotopic (exact) mass is 103 g/mol. The molecule has 0 bridgehead atoms. The van der Waals surface area contributed by atoms with E-state index in [1.807, 2.05) is 0 Å². The molecular formula is C2H4CoO. The second-order valence-electron chi connectivity index (χ2n) is 0.314. The summed E-state index contributed by atoms with van der Waals surface area (Å²) in [5.74, 6) is 0. The maximum absolute atomic E-state index is 4.28. The Labute approximate surface area is 33.1 Å². The molecular weight excluding hydrogens is 99.0 g/mol. The predicted molar refractivity (Wildman–Crippen MR) is 13.1 cm³/mol. The third kappa shape index (κ3) is 2.34. The van der Waals surface area contributed by atoms with Gasteiger partial charge in [0, 0.05) is 0 Å². The molecule has 0 saturated heterocycles. The van der Waals surface area contributed by atoms with Crippen LogP contribution in [-0.4, -0.2) is 12.3 Å². The van der Waals surface area contributed by atoms with Gasteiger partial charge in [-0.05, 0) is 0 Å². The zero-order valence-electron chi connectivity index (χ0n) is 2.32. The van der Waals surface area contributed by atoms with Crippen molar-refractivity contribution in [2.45, 2.75) is 0 Å². The summed E-state index contributed by atoms with van der Waals surface area (Å²) in [6, 6.07) is 0. The second kappa shape index (κ2) is 3.34. The van der Waals surface area contributed by atoms with E-state index < -0.39 is 0 Å². The van der Waals surface area contributed by atoms with Crippen LogP contribution in [0.4, 0.5) is 0 Å². The SMILES string of the molecule is CO[CH]=[Co]. The van der Waals surface area contributed by atoms with Crippen LogP contribution in [0.25, 0.3) is 0 Å². The molecule has 0 aromatic heterocycles. The molecule has 0 aliphatic heterocycles. The first kappa shape index (κ1) is 4.34. The third-order valence-corrected chi connectivity index (χ3v) is 0.324. The van der Waals surface area contributed by atoms with Crippen LogP contribution < -0.4 is 0 Å². The van der Waals surface area contributed by atoms with Crippen LogP contribution in [0.5, 0.6) is 0 Å². The fourth-order valence-electron chi connectivity index (χ4n) is 0. The zero-order chi connectivity index (χ0) is 3.41. The first-order valence-electron chi connectivity index (χ1n) is 0.836. The quantitative estimate of drug-likeness (QED) is 0.451. The van der Waals surface area contributed by atoms with Gasteiger partial charge in [-0.3, -0.25) is 0 Å². The third-order valence-electron chi connectivity index (χ3n) is 0.0786. The summed E-state index contributed by atoms with van der Waals surface area (Å²) in [5.41, 5.74) is 0. The van der Waals surface area contributed by atoms with E-state index in [0.717, 1.165) is 0 Å². The molecule has 4 heavy (non-hydrogen) atoms. The summed E-state index contributed by atoms with van der Waals surface area (Å²) in [6.45, 7) is 0. The zero-order valence-corrected chi connectivity index (χ0v) is 3.36. The summed E-state index contributed by atoms with van der Waals surface area (Å²) in [5, 5.41) is 1.31. The van der Waals surface area contributed by atoms with Gasteiger partial charge in [0.15, 0.2) is 0 Å². The van der Waals surface area contributed by atoms with E-state index in [1.165, 1.54) is 5.14 Å². The summed E-state index contributed by atoms with van der Waals surface area (Å²) < 4.78 is 4.28.